The number of nitrogens with one attached hydrogen (secondary N) is 1. The van der Waals surface area contributed by atoms with Crippen molar-refractivity contribution in [3.63, 3.8) is 0 Å². The van der Waals surface area contributed by atoms with Crippen molar-refractivity contribution < 1.29 is 9.53 Å². The highest BCUT2D eigenvalue weighted by atomic mass is 32.1. The maximum Gasteiger partial charge on any atom is 0.257 e. The van der Waals surface area contributed by atoms with Crippen molar-refractivity contribution in [2.75, 3.05) is 30.9 Å². The Balaban J connectivity index is 1.74. The largest absolute Gasteiger partial charge is 0.494 e. The van der Waals surface area contributed by atoms with Gasteiger partial charge in [0.15, 0.2) is 5.13 Å². The van der Waals surface area contributed by atoms with E-state index >= 15 is 0 Å². The third kappa shape index (κ3) is 4.46. The maximum atomic E-state index is 12.5. The van der Waals surface area contributed by atoms with Crippen molar-refractivity contribution in [2.45, 2.75) is 13.8 Å². The molecule has 0 unspecified atom stereocenters. The van der Waals surface area contributed by atoms with E-state index in [1.807, 2.05) is 81.4 Å². The summed E-state index contributed by atoms with van der Waals surface area (Å²) in [5.41, 5.74) is 3.54. The zero-order chi connectivity index (χ0) is 19.4. The van der Waals surface area contributed by atoms with Crippen LogP contribution in [0, 0.1) is 6.92 Å². The Labute approximate surface area is 163 Å². The second-order valence-corrected chi connectivity index (χ2v) is 7.48. The maximum absolute atomic E-state index is 12.5. The highest BCUT2D eigenvalue weighted by molar-refractivity contribution is 7.16. The molecule has 0 fully saturated rings. The van der Waals surface area contributed by atoms with Crippen molar-refractivity contribution in [3.8, 4) is 17.0 Å². The highest BCUT2D eigenvalue weighted by Gasteiger charge is 2.13. The van der Waals surface area contributed by atoms with E-state index in [2.05, 4.69) is 10.3 Å². The Bertz CT molecular complexity index is 916. The third-order valence-electron chi connectivity index (χ3n) is 4.10. The average molecular weight is 382 g/mol. The number of amides is 1. The van der Waals surface area contributed by atoms with E-state index in [-0.39, 0.29) is 5.91 Å². The molecule has 0 saturated heterocycles. The van der Waals surface area contributed by atoms with Gasteiger partial charge in [-0.25, -0.2) is 4.98 Å². The summed E-state index contributed by atoms with van der Waals surface area (Å²) in [7, 11) is 3.94. The van der Waals surface area contributed by atoms with Gasteiger partial charge in [-0.2, -0.15) is 0 Å². The Kier molecular flexibility index (Phi) is 5.76. The Morgan fingerprint density at radius 1 is 1.11 bits per heavy atom. The van der Waals surface area contributed by atoms with Gasteiger partial charge in [0.2, 0.25) is 0 Å². The molecule has 2 aromatic carbocycles. The predicted molar refractivity (Wildman–Crippen MR) is 112 cm³/mol. The molecule has 0 saturated carbocycles. The molecule has 0 aliphatic heterocycles. The van der Waals surface area contributed by atoms with Gasteiger partial charge in [-0.05, 0) is 62.4 Å². The summed E-state index contributed by atoms with van der Waals surface area (Å²) >= 11 is 1.47. The van der Waals surface area contributed by atoms with Gasteiger partial charge in [-0.15, -0.1) is 11.3 Å². The Hall–Kier alpha value is -2.86. The standard InChI is InChI=1S/C21H23N3O2S/c1-5-26-18-12-8-15(9-13-18)19-14(2)27-21(22-19)23-20(25)16-6-10-17(11-7-16)24(3)4/h6-13H,5H2,1-4H3,(H,22,23,25). The molecular formula is C21H23N3O2S. The number of aromatic nitrogens is 1. The minimum atomic E-state index is -0.160. The predicted octanol–water partition coefficient (Wildman–Crippen LogP) is 4.84. The lowest BCUT2D eigenvalue weighted by Gasteiger charge is -2.12. The summed E-state index contributed by atoms with van der Waals surface area (Å²) in [6.45, 7) is 4.60. The zero-order valence-electron chi connectivity index (χ0n) is 15.9. The minimum Gasteiger partial charge on any atom is -0.494 e. The van der Waals surface area contributed by atoms with Crippen molar-refractivity contribution in [2.24, 2.45) is 0 Å². The van der Waals surface area contributed by atoms with Gasteiger partial charge < -0.3 is 9.64 Å². The SMILES string of the molecule is CCOc1ccc(-c2nc(NC(=O)c3ccc(N(C)C)cc3)sc2C)cc1. The zero-order valence-corrected chi connectivity index (χ0v) is 16.8. The number of carbonyl (C=O) groups excluding carboxylic acids is 1. The van der Waals surface area contributed by atoms with Crippen molar-refractivity contribution in [3.05, 3.63) is 59.0 Å². The molecule has 6 heteroatoms. The first-order chi connectivity index (χ1) is 13.0. The molecule has 3 rings (SSSR count). The molecule has 0 aliphatic carbocycles. The topological polar surface area (TPSA) is 54.5 Å². The third-order valence-corrected chi connectivity index (χ3v) is 4.99. The van der Waals surface area contributed by atoms with Crippen LogP contribution in [0.25, 0.3) is 11.3 Å². The Morgan fingerprint density at radius 3 is 2.37 bits per heavy atom. The second-order valence-electron chi connectivity index (χ2n) is 6.28. The molecule has 27 heavy (non-hydrogen) atoms. The average Bonchev–Trinajstić information content (AvgIpc) is 3.02. The molecule has 1 heterocycles. The van der Waals surface area contributed by atoms with Crippen LogP contribution in [0.4, 0.5) is 10.8 Å². The van der Waals surface area contributed by atoms with Crippen LogP contribution < -0.4 is 15.0 Å². The van der Waals surface area contributed by atoms with Crippen LogP contribution in [0.5, 0.6) is 5.75 Å². The minimum absolute atomic E-state index is 0.160. The summed E-state index contributed by atoms with van der Waals surface area (Å²) in [5.74, 6) is 0.677. The van der Waals surface area contributed by atoms with Crippen molar-refractivity contribution in [1.82, 2.24) is 4.98 Å². The van der Waals surface area contributed by atoms with E-state index < -0.39 is 0 Å². The van der Waals surface area contributed by atoms with Gasteiger partial charge in [0.25, 0.3) is 5.91 Å². The molecule has 1 amide bonds. The van der Waals surface area contributed by atoms with Crippen molar-refractivity contribution in [1.29, 1.82) is 0 Å². The quantitative estimate of drug-likeness (QED) is 0.664. The van der Waals surface area contributed by atoms with E-state index in [9.17, 15) is 4.79 Å². The molecule has 0 aliphatic rings. The normalized spacial score (nSPS) is 10.5. The van der Waals surface area contributed by atoms with Crippen LogP contribution in [0.1, 0.15) is 22.2 Å². The highest BCUT2D eigenvalue weighted by Crippen LogP contribution is 2.31. The molecule has 140 valence electrons. The number of hydrogen-bond acceptors (Lipinski definition) is 5. The molecule has 0 atom stereocenters. The van der Waals surface area contributed by atoms with Crippen LogP contribution in [0.2, 0.25) is 0 Å². The molecule has 0 bridgehead atoms. The lowest BCUT2D eigenvalue weighted by atomic mass is 10.1. The number of hydrogen-bond donors (Lipinski definition) is 1. The molecule has 1 N–H and O–H groups in total. The first-order valence-electron chi connectivity index (χ1n) is 8.77. The fourth-order valence-corrected chi connectivity index (χ4v) is 3.50. The number of anilines is 2. The first-order valence-corrected chi connectivity index (χ1v) is 9.59. The Morgan fingerprint density at radius 2 is 1.78 bits per heavy atom. The van der Waals surface area contributed by atoms with Gasteiger partial charge in [0.05, 0.1) is 12.3 Å². The smallest absolute Gasteiger partial charge is 0.257 e. The number of rotatable bonds is 6. The fourth-order valence-electron chi connectivity index (χ4n) is 2.67. The summed E-state index contributed by atoms with van der Waals surface area (Å²) in [6.07, 6.45) is 0. The fraction of sp³-hybridized carbons (Fsp3) is 0.238. The molecule has 1 aromatic heterocycles. The van der Waals surface area contributed by atoms with Crippen LogP contribution in [0.15, 0.2) is 48.5 Å². The molecule has 5 nitrogen and oxygen atoms in total. The van der Waals surface area contributed by atoms with E-state index in [0.717, 1.165) is 27.6 Å². The number of benzene rings is 2. The monoisotopic (exact) mass is 381 g/mol. The molecule has 0 radical (unpaired) electrons. The van der Waals surface area contributed by atoms with Gasteiger partial charge in [-0.1, -0.05) is 0 Å². The second kappa shape index (κ2) is 8.22. The number of ether oxygens (including phenoxy) is 1. The van der Waals surface area contributed by atoms with Crippen LogP contribution in [0.3, 0.4) is 0 Å². The van der Waals surface area contributed by atoms with Gasteiger partial charge in [-0.3, -0.25) is 10.1 Å². The van der Waals surface area contributed by atoms with Gasteiger partial charge >= 0.3 is 0 Å². The summed E-state index contributed by atoms with van der Waals surface area (Å²) in [4.78, 5) is 20.1. The molecular weight excluding hydrogens is 358 g/mol. The van der Waals surface area contributed by atoms with E-state index in [0.29, 0.717) is 17.3 Å². The van der Waals surface area contributed by atoms with Crippen LogP contribution in [-0.4, -0.2) is 31.6 Å². The van der Waals surface area contributed by atoms with E-state index in [1.165, 1.54) is 11.3 Å². The molecule has 3 aromatic rings. The van der Waals surface area contributed by atoms with E-state index in [4.69, 9.17) is 4.74 Å². The number of nitrogens with zero attached hydrogens (tertiary/aromatic N) is 2. The van der Waals surface area contributed by atoms with Gasteiger partial charge in [0, 0.05) is 35.8 Å². The lowest BCUT2D eigenvalue weighted by Crippen LogP contribution is -2.13. The lowest BCUT2D eigenvalue weighted by molar-refractivity contribution is 0.102. The van der Waals surface area contributed by atoms with Crippen LogP contribution >= 0.6 is 11.3 Å². The molecule has 0 spiro atoms. The summed E-state index contributed by atoms with van der Waals surface area (Å²) in [6, 6.07) is 15.3. The van der Waals surface area contributed by atoms with Crippen molar-refractivity contribution >= 4 is 28.1 Å². The first kappa shape index (κ1) is 18.9. The summed E-state index contributed by atoms with van der Waals surface area (Å²) < 4.78 is 5.48. The number of carbonyl (C=O) groups is 1. The van der Waals surface area contributed by atoms with Crippen LogP contribution in [-0.2, 0) is 0 Å². The van der Waals surface area contributed by atoms with Gasteiger partial charge in [0.1, 0.15) is 5.75 Å². The number of thiazole rings is 1. The summed E-state index contributed by atoms with van der Waals surface area (Å²) in [5, 5.41) is 3.50. The number of aryl methyl sites for hydroxylation is 1. The van der Waals surface area contributed by atoms with E-state index in [1.54, 1.807) is 0 Å².